The molecule has 2 rings (SSSR count). The Kier molecular flexibility index (Phi) is 1.38. The Morgan fingerprint density at radius 1 is 1.60 bits per heavy atom. The highest BCUT2D eigenvalue weighted by molar-refractivity contribution is 6.21. The molecule has 0 amide bonds. The molecule has 1 unspecified atom stereocenters. The Labute approximate surface area is 65.0 Å². The standard InChI is InChI=1S/C8H8ClN/c9-7-3-4-8-6(7)2-1-5-10-8/h1-2,5,7H,3-4H2. The van der Waals surface area contributed by atoms with Crippen molar-refractivity contribution in [3.63, 3.8) is 0 Å². The van der Waals surface area contributed by atoms with Gasteiger partial charge >= 0.3 is 0 Å². The van der Waals surface area contributed by atoms with Gasteiger partial charge in [-0.1, -0.05) is 6.07 Å². The second kappa shape index (κ2) is 2.24. The molecule has 1 aromatic rings. The predicted molar refractivity (Wildman–Crippen MR) is 41.2 cm³/mol. The molecule has 0 aromatic carbocycles. The van der Waals surface area contributed by atoms with E-state index >= 15 is 0 Å². The number of alkyl halides is 1. The molecule has 1 heterocycles. The van der Waals surface area contributed by atoms with Gasteiger partial charge in [-0.05, 0) is 24.5 Å². The minimum Gasteiger partial charge on any atom is -0.261 e. The number of halogens is 1. The van der Waals surface area contributed by atoms with Gasteiger partial charge in [-0.25, -0.2) is 0 Å². The van der Waals surface area contributed by atoms with Gasteiger partial charge in [-0.15, -0.1) is 11.6 Å². The van der Waals surface area contributed by atoms with E-state index in [0.29, 0.717) is 0 Å². The van der Waals surface area contributed by atoms with Crippen LogP contribution in [0.3, 0.4) is 0 Å². The summed E-state index contributed by atoms with van der Waals surface area (Å²) in [4.78, 5) is 4.23. The molecular formula is C8H8ClN. The molecule has 2 heteroatoms. The van der Waals surface area contributed by atoms with Crippen LogP contribution in [0.15, 0.2) is 18.3 Å². The maximum absolute atomic E-state index is 6.00. The van der Waals surface area contributed by atoms with Crippen LogP contribution in [0.25, 0.3) is 0 Å². The van der Waals surface area contributed by atoms with Crippen LogP contribution in [0.5, 0.6) is 0 Å². The fourth-order valence-electron chi connectivity index (χ4n) is 1.36. The smallest absolute Gasteiger partial charge is 0.0606 e. The van der Waals surface area contributed by atoms with Crippen LogP contribution in [0.2, 0.25) is 0 Å². The summed E-state index contributed by atoms with van der Waals surface area (Å²) in [5.74, 6) is 0. The third-order valence-electron chi connectivity index (χ3n) is 1.90. The molecule has 1 aliphatic carbocycles. The van der Waals surface area contributed by atoms with Gasteiger partial charge in [-0.2, -0.15) is 0 Å². The van der Waals surface area contributed by atoms with Crippen LogP contribution < -0.4 is 0 Å². The predicted octanol–water partition coefficient (Wildman–Crippen LogP) is 2.31. The summed E-state index contributed by atoms with van der Waals surface area (Å²) < 4.78 is 0. The molecule has 0 spiro atoms. The monoisotopic (exact) mass is 153 g/mol. The minimum atomic E-state index is 0.212. The van der Waals surface area contributed by atoms with Crippen molar-refractivity contribution < 1.29 is 0 Å². The van der Waals surface area contributed by atoms with Gasteiger partial charge in [-0.3, -0.25) is 4.98 Å². The fourth-order valence-corrected chi connectivity index (χ4v) is 1.67. The summed E-state index contributed by atoms with van der Waals surface area (Å²) in [5, 5.41) is 0.212. The molecule has 0 N–H and O–H groups in total. The average molecular weight is 154 g/mol. The van der Waals surface area contributed by atoms with Gasteiger partial charge in [0.25, 0.3) is 0 Å². The van der Waals surface area contributed by atoms with Gasteiger partial charge in [0.2, 0.25) is 0 Å². The highest BCUT2D eigenvalue weighted by Crippen LogP contribution is 2.33. The zero-order valence-electron chi connectivity index (χ0n) is 5.55. The summed E-state index contributed by atoms with van der Waals surface area (Å²) >= 11 is 6.00. The van der Waals surface area contributed by atoms with Crippen LogP contribution >= 0.6 is 11.6 Å². The summed E-state index contributed by atoms with van der Waals surface area (Å²) in [6.07, 6.45) is 3.92. The molecule has 0 fully saturated rings. The highest BCUT2D eigenvalue weighted by atomic mass is 35.5. The molecule has 0 bridgehead atoms. The largest absolute Gasteiger partial charge is 0.261 e. The number of rotatable bonds is 0. The van der Waals surface area contributed by atoms with E-state index in [1.54, 1.807) is 0 Å². The number of aromatic nitrogens is 1. The first-order chi connectivity index (χ1) is 4.88. The fraction of sp³-hybridized carbons (Fsp3) is 0.375. The quantitative estimate of drug-likeness (QED) is 0.522. The first-order valence-corrected chi connectivity index (χ1v) is 3.89. The van der Waals surface area contributed by atoms with Gasteiger partial charge in [0.15, 0.2) is 0 Å². The number of pyridine rings is 1. The first-order valence-electron chi connectivity index (χ1n) is 3.46. The van der Waals surface area contributed by atoms with E-state index in [1.165, 1.54) is 11.3 Å². The molecule has 0 radical (unpaired) electrons. The van der Waals surface area contributed by atoms with Crippen LogP contribution in [-0.4, -0.2) is 4.98 Å². The average Bonchev–Trinajstić information content (AvgIpc) is 2.34. The normalized spacial score (nSPS) is 22.7. The van der Waals surface area contributed by atoms with Crippen molar-refractivity contribution in [3.8, 4) is 0 Å². The lowest BCUT2D eigenvalue weighted by molar-refractivity contribution is 0.873. The number of aryl methyl sites for hydroxylation is 1. The molecule has 0 aliphatic heterocycles. The summed E-state index contributed by atoms with van der Waals surface area (Å²) in [6.45, 7) is 0. The van der Waals surface area contributed by atoms with Crippen LogP contribution in [0.1, 0.15) is 23.1 Å². The lowest BCUT2D eigenvalue weighted by Gasteiger charge is -1.98. The van der Waals surface area contributed by atoms with Crippen molar-refractivity contribution in [2.45, 2.75) is 18.2 Å². The van der Waals surface area contributed by atoms with Crippen molar-refractivity contribution in [1.82, 2.24) is 4.98 Å². The van der Waals surface area contributed by atoms with E-state index in [0.717, 1.165) is 12.8 Å². The van der Waals surface area contributed by atoms with Gasteiger partial charge in [0.05, 0.1) is 5.38 Å². The van der Waals surface area contributed by atoms with E-state index in [-0.39, 0.29) is 5.38 Å². The zero-order chi connectivity index (χ0) is 6.97. The number of fused-ring (bicyclic) bond motifs is 1. The molecular weight excluding hydrogens is 146 g/mol. The SMILES string of the molecule is ClC1CCc2ncccc21. The molecule has 52 valence electrons. The van der Waals surface area contributed by atoms with Gasteiger partial charge in [0, 0.05) is 11.9 Å². The second-order valence-corrected chi connectivity index (χ2v) is 3.07. The lowest BCUT2D eigenvalue weighted by atomic mass is 10.2. The summed E-state index contributed by atoms with van der Waals surface area (Å²) in [6, 6.07) is 4.01. The number of hydrogen-bond donors (Lipinski definition) is 0. The molecule has 10 heavy (non-hydrogen) atoms. The van der Waals surface area contributed by atoms with Crippen molar-refractivity contribution in [2.24, 2.45) is 0 Å². The van der Waals surface area contributed by atoms with Crippen molar-refractivity contribution in [1.29, 1.82) is 0 Å². The third-order valence-corrected chi connectivity index (χ3v) is 2.35. The minimum absolute atomic E-state index is 0.212. The molecule has 0 saturated heterocycles. The van der Waals surface area contributed by atoms with Crippen LogP contribution in [0.4, 0.5) is 0 Å². The molecule has 1 nitrogen and oxygen atoms in total. The molecule has 1 aliphatic rings. The van der Waals surface area contributed by atoms with Crippen LogP contribution in [-0.2, 0) is 6.42 Å². The Hall–Kier alpha value is -0.560. The number of nitrogens with zero attached hydrogens (tertiary/aromatic N) is 1. The van der Waals surface area contributed by atoms with Gasteiger partial charge < -0.3 is 0 Å². The van der Waals surface area contributed by atoms with E-state index in [1.807, 2.05) is 12.3 Å². The molecule has 1 atom stereocenters. The highest BCUT2D eigenvalue weighted by Gasteiger charge is 2.19. The maximum atomic E-state index is 6.00. The zero-order valence-corrected chi connectivity index (χ0v) is 6.30. The Morgan fingerprint density at radius 2 is 2.50 bits per heavy atom. The van der Waals surface area contributed by atoms with E-state index in [9.17, 15) is 0 Å². The maximum Gasteiger partial charge on any atom is 0.0606 e. The van der Waals surface area contributed by atoms with E-state index < -0.39 is 0 Å². The second-order valence-electron chi connectivity index (χ2n) is 2.55. The topological polar surface area (TPSA) is 12.9 Å². The van der Waals surface area contributed by atoms with Crippen LogP contribution in [0, 0.1) is 0 Å². The summed E-state index contributed by atoms with van der Waals surface area (Å²) in [7, 11) is 0. The lowest BCUT2D eigenvalue weighted by Crippen LogP contribution is -1.85. The Balaban J connectivity index is 2.51. The number of hydrogen-bond acceptors (Lipinski definition) is 1. The van der Waals surface area contributed by atoms with E-state index in [2.05, 4.69) is 11.1 Å². The third kappa shape index (κ3) is 0.816. The Bertz CT molecular complexity index is 247. The van der Waals surface area contributed by atoms with Crippen molar-refractivity contribution >= 4 is 11.6 Å². The Morgan fingerprint density at radius 3 is 3.30 bits per heavy atom. The van der Waals surface area contributed by atoms with Gasteiger partial charge in [0.1, 0.15) is 0 Å². The summed E-state index contributed by atoms with van der Waals surface area (Å²) in [5.41, 5.74) is 2.41. The van der Waals surface area contributed by atoms with E-state index in [4.69, 9.17) is 11.6 Å². The molecule has 1 aromatic heterocycles. The van der Waals surface area contributed by atoms with Crippen molar-refractivity contribution in [2.75, 3.05) is 0 Å². The first kappa shape index (κ1) is 6.17. The molecule has 0 saturated carbocycles. The van der Waals surface area contributed by atoms with Crippen molar-refractivity contribution in [3.05, 3.63) is 29.6 Å².